The van der Waals surface area contributed by atoms with Gasteiger partial charge in [0, 0.05) is 12.1 Å². The van der Waals surface area contributed by atoms with Crippen LogP contribution in [0.5, 0.6) is 0 Å². The second-order valence-electron chi connectivity index (χ2n) is 4.72. The molecule has 0 spiro atoms. The smallest absolute Gasteiger partial charge is 0.248 e. The molecular weight excluding hydrogens is 248 g/mol. The van der Waals surface area contributed by atoms with Gasteiger partial charge in [-0.3, -0.25) is 4.79 Å². The monoisotopic (exact) mass is 268 g/mol. The number of hydrogen-bond acceptors (Lipinski definition) is 2. The van der Waals surface area contributed by atoms with Gasteiger partial charge in [0.2, 0.25) is 5.91 Å². The molecule has 1 aromatic carbocycles. The fraction of sp³-hybridized carbons (Fsp3) is 0.500. The molecule has 1 saturated heterocycles. The minimum atomic E-state index is -0.322. The van der Waals surface area contributed by atoms with Gasteiger partial charge in [0.1, 0.15) is 0 Å². The van der Waals surface area contributed by atoms with Crippen molar-refractivity contribution in [3.8, 4) is 0 Å². The number of primary amides is 1. The summed E-state index contributed by atoms with van der Waals surface area (Å²) in [6, 6.07) is 3.92. The van der Waals surface area contributed by atoms with Crippen LogP contribution < -0.4 is 11.1 Å². The normalized spacial score (nSPS) is 18.4. The Morgan fingerprint density at radius 1 is 1.50 bits per heavy atom. The molecular formula is C14H21ClN2O. The second-order valence-corrected chi connectivity index (χ2v) is 4.72. The van der Waals surface area contributed by atoms with Crippen LogP contribution >= 0.6 is 12.4 Å². The summed E-state index contributed by atoms with van der Waals surface area (Å²) in [4.78, 5) is 11.4. The number of carbonyl (C=O) groups is 1. The topological polar surface area (TPSA) is 55.1 Å². The van der Waals surface area contributed by atoms with E-state index in [2.05, 4.69) is 18.3 Å². The van der Waals surface area contributed by atoms with Crippen molar-refractivity contribution in [2.24, 2.45) is 5.73 Å². The summed E-state index contributed by atoms with van der Waals surface area (Å²) in [6.45, 7) is 6.25. The quantitative estimate of drug-likeness (QED) is 0.883. The van der Waals surface area contributed by atoms with Gasteiger partial charge in [-0.15, -0.1) is 12.4 Å². The lowest BCUT2D eigenvalue weighted by Crippen LogP contribution is -2.17. The highest BCUT2D eigenvalue weighted by atomic mass is 35.5. The van der Waals surface area contributed by atoms with E-state index in [9.17, 15) is 4.79 Å². The van der Waals surface area contributed by atoms with Crippen LogP contribution in [0.4, 0.5) is 0 Å². The standard InChI is InChI=1S/C14H20N2O.ClH/c1-3-10-4-5-12(14(15)17)9(2)13(10)11-6-7-16-8-11;/h4-5,11,16H,3,6-8H2,1-2H3,(H2,15,17);1H. The van der Waals surface area contributed by atoms with Crippen molar-refractivity contribution in [1.29, 1.82) is 0 Å². The van der Waals surface area contributed by atoms with Gasteiger partial charge in [0.15, 0.2) is 0 Å². The zero-order valence-electron chi connectivity index (χ0n) is 11.0. The first-order chi connectivity index (χ1) is 8.15. The van der Waals surface area contributed by atoms with Crippen LogP contribution in [-0.2, 0) is 6.42 Å². The molecule has 0 aliphatic carbocycles. The van der Waals surface area contributed by atoms with Crippen molar-refractivity contribution >= 4 is 18.3 Å². The predicted octanol–water partition coefficient (Wildman–Crippen LogP) is 2.16. The molecule has 0 saturated carbocycles. The molecule has 1 fully saturated rings. The Balaban J connectivity index is 0.00000162. The van der Waals surface area contributed by atoms with Crippen LogP contribution in [0, 0.1) is 6.92 Å². The Labute approximate surface area is 115 Å². The zero-order valence-corrected chi connectivity index (χ0v) is 11.8. The van der Waals surface area contributed by atoms with Gasteiger partial charge in [-0.25, -0.2) is 0 Å². The van der Waals surface area contributed by atoms with E-state index in [0.717, 1.165) is 31.5 Å². The molecule has 2 rings (SSSR count). The first-order valence-electron chi connectivity index (χ1n) is 6.28. The molecule has 3 nitrogen and oxygen atoms in total. The number of halogens is 1. The number of hydrogen-bond donors (Lipinski definition) is 2. The van der Waals surface area contributed by atoms with Gasteiger partial charge in [-0.1, -0.05) is 13.0 Å². The van der Waals surface area contributed by atoms with E-state index in [0.29, 0.717) is 11.5 Å². The average molecular weight is 269 g/mol. The third-order valence-corrected chi connectivity index (χ3v) is 3.72. The number of nitrogens with two attached hydrogens (primary N) is 1. The van der Waals surface area contributed by atoms with E-state index < -0.39 is 0 Å². The van der Waals surface area contributed by atoms with Crippen molar-refractivity contribution in [2.75, 3.05) is 13.1 Å². The zero-order chi connectivity index (χ0) is 12.4. The largest absolute Gasteiger partial charge is 0.366 e. The fourth-order valence-corrected chi connectivity index (χ4v) is 2.83. The summed E-state index contributed by atoms with van der Waals surface area (Å²) in [6.07, 6.45) is 2.15. The highest BCUT2D eigenvalue weighted by molar-refractivity contribution is 5.94. The minimum Gasteiger partial charge on any atom is -0.366 e. The van der Waals surface area contributed by atoms with Crippen molar-refractivity contribution in [2.45, 2.75) is 32.6 Å². The van der Waals surface area contributed by atoms with Crippen LogP contribution in [-0.4, -0.2) is 19.0 Å². The summed E-state index contributed by atoms with van der Waals surface area (Å²) in [5.74, 6) is 0.210. The molecule has 1 atom stereocenters. The molecule has 100 valence electrons. The van der Waals surface area contributed by atoms with Crippen LogP contribution in [0.1, 0.15) is 46.3 Å². The maximum atomic E-state index is 11.4. The van der Waals surface area contributed by atoms with Crippen LogP contribution in [0.3, 0.4) is 0 Å². The molecule has 18 heavy (non-hydrogen) atoms. The summed E-state index contributed by atoms with van der Waals surface area (Å²) < 4.78 is 0. The number of amides is 1. The van der Waals surface area contributed by atoms with Crippen molar-refractivity contribution in [3.63, 3.8) is 0 Å². The second kappa shape index (κ2) is 6.21. The van der Waals surface area contributed by atoms with E-state index in [4.69, 9.17) is 5.73 Å². The summed E-state index contributed by atoms with van der Waals surface area (Å²) >= 11 is 0. The molecule has 1 aromatic rings. The van der Waals surface area contributed by atoms with Gasteiger partial charge < -0.3 is 11.1 Å². The van der Waals surface area contributed by atoms with E-state index in [1.165, 1.54) is 11.1 Å². The molecule has 0 aromatic heterocycles. The predicted molar refractivity (Wildman–Crippen MR) is 76.6 cm³/mol. The third kappa shape index (κ3) is 2.68. The lowest BCUT2D eigenvalue weighted by atomic mass is 9.86. The van der Waals surface area contributed by atoms with Crippen molar-refractivity contribution in [1.82, 2.24) is 5.32 Å². The van der Waals surface area contributed by atoms with Crippen LogP contribution in [0.25, 0.3) is 0 Å². The van der Waals surface area contributed by atoms with E-state index in [1.54, 1.807) is 0 Å². The molecule has 1 heterocycles. The molecule has 1 aliphatic rings. The molecule has 1 amide bonds. The van der Waals surface area contributed by atoms with Gasteiger partial charge in [0.05, 0.1) is 0 Å². The number of nitrogens with one attached hydrogen (secondary N) is 1. The van der Waals surface area contributed by atoms with E-state index in [-0.39, 0.29) is 18.3 Å². The maximum absolute atomic E-state index is 11.4. The average Bonchev–Trinajstić information content (AvgIpc) is 2.81. The highest BCUT2D eigenvalue weighted by Crippen LogP contribution is 2.30. The summed E-state index contributed by atoms with van der Waals surface area (Å²) in [5, 5.41) is 3.38. The number of rotatable bonds is 3. The third-order valence-electron chi connectivity index (χ3n) is 3.72. The van der Waals surface area contributed by atoms with E-state index >= 15 is 0 Å². The van der Waals surface area contributed by atoms with Crippen molar-refractivity contribution in [3.05, 3.63) is 34.4 Å². The van der Waals surface area contributed by atoms with Gasteiger partial charge in [-0.05, 0) is 55.0 Å². The molecule has 1 unspecified atom stereocenters. The molecule has 4 heteroatoms. The van der Waals surface area contributed by atoms with Gasteiger partial charge >= 0.3 is 0 Å². The number of aryl methyl sites for hydroxylation is 1. The maximum Gasteiger partial charge on any atom is 0.248 e. The lowest BCUT2D eigenvalue weighted by Gasteiger charge is -2.19. The Bertz CT molecular complexity index is 440. The van der Waals surface area contributed by atoms with Crippen molar-refractivity contribution < 1.29 is 4.79 Å². The SMILES string of the molecule is CCc1ccc(C(N)=O)c(C)c1C1CCNC1.Cl. The van der Waals surface area contributed by atoms with Gasteiger partial charge in [0.25, 0.3) is 0 Å². The molecule has 0 bridgehead atoms. The molecule has 0 radical (unpaired) electrons. The fourth-order valence-electron chi connectivity index (χ4n) is 2.83. The van der Waals surface area contributed by atoms with Crippen LogP contribution in [0.15, 0.2) is 12.1 Å². The van der Waals surface area contributed by atoms with Crippen LogP contribution in [0.2, 0.25) is 0 Å². The first kappa shape index (κ1) is 15.0. The lowest BCUT2D eigenvalue weighted by molar-refractivity contribution is 0.0999. The first-order valence-corrected chi connectivity index (χ1v) is 6.28. The summed E-state index contributed by atoms with van der Waals surface area (Å²) in [7, 11) is 0. The Morgan fingerprint density at radius 2 is 2.22 bits per heavy atom. The highest BCUT2D eigenvalue weighted by Gasteiger charge is 2.23. The van der Waals surface area contributed by atoms with E-state index in [1.807, 2.05) is 13.0 Å². The molecule has 1 aliphatic heterocycles. The minimum absolute atomic E-state index is 0. The number of benzene rings is 1. The number of carbonyl (C=O) groups excluding carboxylic acids is 1. The Kier molecular flexibility index (Phi) is 5.17. The molecule has 3 N–H and O–H groups in total. The Hall–Kier alpha value is -1.06. The summed E-state index contributed by atoms with van der Waals surface area (Å²) in [5.41, 5.74) is 9.85. The van der Waals surface area contributed by atoms with Gasteiger partial charge in [-0.2, -0.15) is 0 Å². The Morgan fingerprint density at radius 3 is 2.72 bits per heavy atom.